The summed E-state index contributed by atoms with van der Waals surface area (Å²) in [6, 6.07) is 12.1. The lowest BCUT2D eigenvalue weighted by Gasteiger charge is -2.17. The topological polar surface area (TPSA) is 86.6 Å². The number of nitrogens with one attached hydrogen (secondary N) is 1. The van der Waals surface area contributed by atoms with Gasteiger partial charge in [0.25, 0.3) is 0 Å². The van der Waals surface area contributed by atoms with Crippen LogP contribution in [0.25, 0.3) is 10.8 Å². The predicted octanol–water partition coefficient (Wildman–Crippen LogP) is 1.33. The fraction of sp³-hybridized carbons (Fsp3) is 0.250. The molecule has 0 heterocycles. The average molecular weight is 287 g/mol. The van der Waals surface area contributed by atoms with Gasteiger partial charge in [-0.2, -0.15) is 0 Å². The minimum Gasteiger partial charge on any atom is -0.480 e. The Morgan fingerprint density at radius 1 is 1.14 bits per heavy atom. The summed E-state index contributed by atoms with van der Waals surface area (Å²) in [6.07, 6.45) is -1.08. The lowest BCUT2D eigenvalue weighted by Crippen LogP contribution is -2.48. The fourth-order valence-electron chi connectivity index (χ4n) is 2.15. The van der Waals surface area contributed by atoms with E-state index in [1.165, 1.54) is 6.92 Å². The van der Waals surface area contributed by atoms with Gasteiger partial charge in [0.15, 0.2) is 6.04 Å². The minimum absolute atomic E-state index is 0.0708. The van der Waals surface area contributed by atoms with Crippen LogP contribution in [-0.2, 0) is 16.0 Å². The molecule has 0 radical (unpaired) electrons. The van der Waals surface area contributed by atoms with Gasteiger partial charge in [-0.25, -0.2) is 4.79 Å². The number of carbonyl (C=O) groups excluding carboxylic acids is 1. The number of hydrogen-bond donors (Lipinski definition) is 3. The summed E-state index contributed by atoms with van der Waals surface area (Å²) < 4.78 is 0. The molecule has 0 spiro atoms. The van der Waals surface area contributed by atoms with E-state index in [0.29, 0.717) is 0 Å². The van der Waals surface area contributed by atoms with Crippen molar-refractivity contribution >= 4 is 22.6 Å². The molecule has 0 unspecified atom stereocenters. The molecule has 5 nitrogen and oxygen atoms in total. The number of aliphatic hydroxyl groups excluding tert-OH is 1. The molecule has 0 aromatic heterocycles. The van der Waals surface area contributed by atoms with Crippen LogP contribution < -0.4 is 5.32 Å². The molecule has 2 rings (SSSR count). The largest absolute Gasteiger partial charge is 0.480 e. The summed E-state index contributed by atoms with van der Waals surface area (Å²) in [6.45, 7) is 1.33. The van der Waals surface area contributed by atoms with E-state index in [4.69, 9.17) is 5.11 Å². The molecule has 0 aliphatic heterocycles. The number of aliphatic carboxylic acids is 1. The highest BCUT2D eigenvalue weighted by Crippen LogP contribution is 2.16. The molecule has 2 atom stereocenters. The van der Waals surface area contributed by atoms with Gasteiger partial charge in [-0.15, -0.1) is 0 Å². The summed E-state index contributed by atoms with van der Waals surface area (Å²) >= 11 is 0. The lowest BCUT2D eigenvalue weighted by molar-refractivity contribution is -0.144. The van der Waals surface area contributed by atoms with Crippen molar-refractivity contribution < 1.29 is 19.8 Å². The molecule has 2 aromatic rings. The van der Waals surface area contributed by atoms with E-state index < -0.39 is 24.0 Å². The molecule has 110 valence electrons. The van der Waals surface area contributed by atoms with Gasteiger partial charge in [0.2, 0.25) is 5.91 Å². The van der Waals surface area contributed by atoms with Crippen molar-refractivity contribution in [1.82, 2.24) is 5.32 Å². The molecule has 0 bridgehead atoms. The zero-order valence-electron chi connectivity index (χ0n) is 11.6. The molecule has 0 aliphatic rings. The van der Waals surface area contributed by atoms with Gasteiger partial charge in [-0.05, 0) is 23.3 Å². The van der Waals surface area contributed by atoms with Crippen LogP contribution >= 0.6 is 0 Å². The van der Waals surface area contributed by atoms with Crippen LogP contribution in [0.3, 0.4) is 0 Å². The van der Waals surface area contributed by atoms with Gasteiger partial charge in [-0.3, -0.25) is 4.79 Å². The quantitative estimate of drug-likeness (QED) is 0.774. The number of carboxylic acids is 1. The van der Waals surface area contributed by atoms with Crippen LogP contribution in [0.15, 0.2) is 42.5 Å². The van der Waals surface area contributed by atoms with E-state index in [2.05, 4.69) is 5.32 Å². The molecule has 0 saturated heterocycles. The second-order valence-corrected chi connectivity index (χ2v) is 4.98. The monoisotopic (exact) mass is 287 g/mol. The van der Waals surface area contributed by atoms with Crippen molar-refractivity contribution in [2.45, 2.75) is 25.5 Å². The van der Waals surface area contributed by atoms with E-state index in [1.54, 1.807) is 0 Å². The fourth-order valence-corrected chi connectivity index (χ4v) is 2.15. The van der Waals surface area contributed by atoms with Crippen LogP contribution in [0.2, 0.25) is 0 Å². The summed E-state index contributed by atoms with van der Waals surface area (Å²) in [7, 11) is 0. The van der Waals surface area contributed by atoms with Crippen LogP contribution in [-0.4, -0.2) is 34.2 Å². The number of carbonyl (C=O) groups is 2. The van der Waals surface area contributed by atoms with Crippen molar-refractivity contribution in [3.8, 4) is 0 Å². The Labute approximate surface area is 122 Å². The van der Waals surface area contributed by atoms with E-state index in [1.807, 2.05) is 42.5 Å². The van der Waals surface area contributed by atoms with Gasteiger partial charge in [0, 0.05) is 0 Å². The zero-order chi connectivity index (χ0) is 15.4. The highest BCUT2D eigenvalue weighted by atomic mass is 16.4. The minimum atomic E-state index is -1.29. The van der Waals surface area contributed by atoms with E-state index in [-0.39, 0.29) is 6.42 Å². The summed E-state index contributed by atoms with van der Waals surface area (Å²) in [4.78, 5) is 22.8. The molecular weight excluding hydrogens is 270 g/mol. The third-order valence-corrected chi connectivity index (χ3v) is 3.24. The van der Waals surface area contributed by atoms with Crippen molar-refractivity contribution in [3.05, 3.63) is 48.0 Å². The van der Waals surface area contributed by atoms with Gasteiger partial charge in [0.1, 0.15) is 0 Å². The molecule has 3 N–H and O–H groups in total. The number of fused-ring (bicyclic) bond motifs is 1. The maximum atomic E-state index is 11.9. The first-order chi connectivity index (χ1) is 9.97. The second-order valence-electron chi connectivity index (χ2n) is 4.98. The first-order valence-corrected chi connectivity index (χ1v) is 6.65. The van der Waals surface area contributed by atoms with Crippen LogP contribution in [0, 0.1) is 0 Å². The molecule has 0 aliphatic carbocycles. The third kappa shape index (κ3) is 3.79. The highest BCUT2D eigenvalue weighted by molar-refractivity contribution is 5.87. The van der Waals surface area contributed by atoms with Crippen LogP contribution in [0.5, 0.6) is 0 Å². The van der Waals surface area contributed by atoms with Crippen molar-refractivity contribution in [3.63, 3.8) is 0 Å². The van der Waals surface area contributed by atoms with Crippen molar-refractivity contribution in [2.75, 3.05) is 0 Å². The molecular formula is C16H17NO4. The first-order valence-electron chi connectivity index (χ1n) is 6.65. The Bertz CT molecular complexity index is 666. The molecule has 21 heavy (non-hydrogen) atoms. The number of carboxylic acid groups (broad SMARTS) is 1. The lowest BCUT2D eigenvalue weighted by atomic mass is 10.0. The maximum Gasteiger partial charge on any atom is 0.328 e. The summed E-state index contributed by atoms with van der Waals surface area (Å²) in [5.74, 6) is -1.68. The number of amides is 1. The smallest absolute Gasteiger partial charge is 0.328 e. The Morgan fingerprint density at radius 3 is 2.43 bits per heavy atom. The van der Waals surface area contributed by atoms with Crippen molar-refractivity contribution in [1.29, 1.82) is 0 Å². The second kappa shape index (κ2) is 6.37. The predicted molar refractivity (Wildman–Crippen MR) is 78.9 cm³/mol. The number of aliphatic hydroxyl groups is 1. The Morgan fingerprint density at radius 2 is 1.81 bits per heavy atom. The zero-order valence-corrected chi connectivity index (χ0v) is 11.6. The van der Waals surface area contributed by atoms with Gasteiger partial charge >= 0.3 is 5.97 Å². The number of benzene rings is 2. The van der Waals surface area contributed by atoms with Crippen LogP contribution in [0.4, 0.5) is 0 Å². The van der Waals surface area contributed by atoms with E-state index >= 15 is 0 Å². The normalized spacial score (nSPS) is 13.6. The summed E-state index contributed by atoms with van der Waals surface area (Å²) in [5, 5.41) is 22.7. The first kappa shape index (κ1) is 15.0. The molecule has 5 heteroatoms. The molecule has 1 amide bonds. The number of hydrogen-bond acceptors (Lipinski definition) is 3. The molecule has 2 aromatic carbocycles. The molecule has 0 fully saturated rings. The van der Waals surface area contributed by atoms with Gasteiger partial charge < -0.3 is 15.5 Å². The highest BCUT2D eigenvalue weighted by Gasteiger charge is 2.24. The average Bonchev–Trinajstić information content (AvgIpc) is 2.44. The Kier molecular flexibility index (Phi) is 4.55. The Hall–Kier alpha value is -2.40. The Balaban J connectivity index is 2.08. The van der Waals surface area contributed by atoms with Gasteiger partial charge in [0.05, 0.1) is 12.5 Å². The van der Waals surface area contributed by atoms with E-state index in [9.17, 15) is 14.7 Å². The standard InChI is InChI=1S/C16H17NO4/c1-10(18)15(16(20)21)17-14(19)9-11-6-7-12-4-2-3-5-13(12)8-11/h2-8,10,15,18H,9H2,1H3,(H,17,19)(H,20,21)/t10-,15+/m1/s1. The van der Waals surface area contributed by atoms with Gasteiger partial charge in [-0.1, -0.05) is 42.5 Å². The maximum absolute atomic E-state index is 11.9. The SMILES string of the molecule is C[C@@H](O)[C@H](NC(=O)Cc1ccc2ccccc2c1)C(=O)O. The van der Waals surface area contributed by atoms with Crippen LogP contribution in [0.1, 0.15) is 12.5 Å². The number of rotatable bonds is 5. The van der Waals surface area contributed by atoms with E-state index in [0.717, 1.165) is 16.3 Å². The van der Waals surface area contributed by atoms with Crippen molar-refractivity contribution in [2.24, 2.45) is 0 Å². The summed E-state index contributed by atoms with van der Waals surface area (Å²) in [5.41, 5.74) is 0.793. The molecule has 0 saturated carbocycles. The third-order valence-electron chi connectivity index (χ3n) is 3.24.